The van der Waals surface area contributed by atoms with Crippen molar-refractivity contribution in [3.63, 3.8) is 0 Å². The fourth-order valence-corrected chi connectivity index (χ4v) is 3.70. The molecule has 4 nitrogen and oxygen atoms in total. The zero-order valence-corrected chi connectivity index (χ0v) is 13.9. The second kappa shape index (κ2) is 8.14. The normalized spacial score (nSPS) is 27.8. The third kappa shape index (κ3) is 4.96. The van der Waals surface area contributed by atoms with E-state index in [4.69, 9.17) is 0 Å². The minimum Gasteiger partial charge on any atom is -0.356 e. The van der Waals surface area contributed by atoms with E-state index < -0.39 is 0 Å². The standard InChI is InChI=1S/C17H33N3O/c1-17(10-6-11-18-14-17)16(21)19-12-7-13-20(2)15-8-4-3-5-9-15/h15,18H,3-14H2,1-2H3,(H,19,21). The van der Waals surface area contributed by atoms with Crippen LogP contribution in [0, 0.1) is 5.41 Å². The van der Waals surface area contributed by atoms with Gasteiger partial charge in [0.25, 0.3) is 0 Å². The van der Waals surface area contributed by atoms with Crippen molar-refractivity contribution in [1.82, 2.24) is 15.5 Å². The molecule has 0 radical (unpaired) electrons. The van der Waals surface area contributed by atoms with Crippen LogP contribution in [0.1, 0.15) is 58.3 Å². The van der Waals surface area contributed by atoms with Gasteiger partial charge in [0.05, 0.1) is 5.41 Å². The number of nitrogens with one attached hydrogen (secondary N) is 2. The first-order valence-corrected chi connectivity index (χ1v) is 8.81. The van der Waals surface area contributed by atoms with Gasteiger partial charge in [0.15, 0.2) is 0 Å². The van der Waals surface area contributed by atoms with Crippen molar-refractivity contribution in [2.45, 2.75) is 64.3 Å². The molecule has 2 rings (SSSR count). The molecular weight excluding hydrogens is 262 g/mol. The highest BCUT2D eigenvalue weighted by atomic mass is 16.2. The fourth-order valence-electron chi connectivity index (χ4n) is 3.70. The van der Waals surface area contributed by atoms with Gasteiger partial charge in [-0.05, 0) is 59.2 Å². The Bertz CT molecular complexity index is 320. The van der Waals surface area contributed by atoms with Gasteiger partial charge in [0.2, 0.25) is 5.91 Å². The van der Waals surface area contributed by atoms with Crippen molar-refractivity contribution in [3.05, 3.63) is 0 Å². The van der Waals surface area contributed by atoms with Crippen LogP contribution in [0.4, 0.5) is 0 Å². The molecule has 2 fully saturated rings. The Kier molecular flexibility index (Phi) is 6.49. The summed E-state index contributed by atoms with van der Waals surface area (Å²) < 4.78 is 0. The van der Waals surface area contributed by atoms with E-state index in [1.54, 1.807) is 0 Å². The minimum absolute atomic E-state index is 0.201. The van der Waals surface area contributed by atoms with Gasteiger partial charge in [-0.1, -0.05) is 19.3 Å². The van der Waals surface area contributed by atoms with Gasteiger partial charge in [0.1, 0.15) is 0 Å². The van der Waals surface area contributed by atoms with Crippen LogP contribution in [0.2, 0.25) is 0 Å². The Morgan fingerprint density at radius 1 is 1.29 bits per heavy atom. The SMILES string of the molecule is CN(CCCNC(=O)C1(C)CCCNC1)C1CCCCC1. The lowest BCUT2D eigenvalue weighted by atomic mass is 9.82. The van der Waals surface area contributed by atoms with Crippen LogP contribution < -0.4 is 10.6 Å². The van der Waals surface area contributed by atoms with Gasteiger partial charge in [-0.2, -0.15) is 0 Å². The Morgan fingerprint density at radius 2 is 2.05 bits per heavy atom. The first-order valence-electron chi connectivity index (χ1n) is 8.81. The lowest BCUT2D eigenvalue weighted by Gasteiger charge is -2.33. The van der Waals surface area contributed by atoms with Crippen molar-refractivity contribution in [2.24, 2.45) is 5.41 Å². The molecule has 2 aliphatic rings. The number of piperidine rings is 1. The van der Waals surface area contributed by atoms with E-state index in [1.807, 2.05) is 0 Å². The first kappa shape index (κ1) is 16.8. The summed E-state index contributed by atoms with van der Waals surface area (Å²) in [5, 5.41) is 6.48. The maximum Gasteiger partial charge on any atom is 0.227 e. The van der Waals surface area contributed by atoms with Crippen LogP contribution in [0.25, 0.3) is 0 Å². The molecule has 0 aromatic heterocycles. The lowest BCUT2D eigenvalue weighted by molar-refractivity contribution is -0.131. The largest absolute Gasteiger partial charge is 0.356 e. The van der Waals surface area contributed by atoms with Crippen molar-refractivity contribution in [1.29, 1.82) is 0 Å². The molecule has 0 spiro atoms. The van der Waals surface area contributed by atoms with Crippen molar-refractivity contribution in [2.75, 3.05) is 33.2 Å². The molecule has 1 aliphatic heterocycles. The molecule has 1 heterocycles. The van der Waals surface area contributed by atoms with Crippen molar-refractivity contribution >= 4 is 5.91 Å². The quantitative estimate of drug-likeness (QED) is 0.738. The second-order valence-electron chi connectivity index (χ2n) is 7.22. The van der Waals surface area contributed by atoms with E-state index >= 15 is 0 Å². The summed E-state index contributed by atoms with van der Waals surface area (Å²) in [6, 6.07) is 0.773. The Balaban J connectivity index is 1.61. The number of amides is 1. The molecule has 0 aromatic carbocycles. The fraction of sp³-hybridized carbons (Fsp3) is 0.941. The monoisotopic (exact) mass is 295 g/mol. The topological polar surface area (TPSA) is 44.4 Å². The van der Waals surface area contributed by atoms with Crippen molar-refractivity contribution in [3.8, 4) is 0 Å². The average molecular weight is 295 g/mol. The summed E-state index contributed by atoms with van der Waals surface area (Å²) in [5.41, 5.74) is -0.201. The van der Waals surface area contributed by atoms with Crippen molar-refractivity contribution < 1.29 is 4.79 Å². The van der Waals surface area contributed by atoms with Crippen LogP contribution >= 0.6 is 0 Å². The molecule has 0 bridgehead atoms. The maximum atomic E-state index is 12.3. The highest BCUT2D eigenvalue weighted by Crippen LogP contribution is 2.25. The molecule has 1 saturated heterocycles. The summed E-state index contributed by atoms with van der Waals surface area (Å²) >= 11 is 0. The highest BCUT2D eigenvalue weighted by Gasteiger charge is 2.34. The first-order chi connectivity index (χ1) is 10.1. The third-order valence-corrected chi connectivity index (χ3v) is 5.32. The zero-order valence-electron chi connectivity index (χ0n) is 13.9. The summed E-state index contributed by atoms with van der Waals surface area (Å²) in [7, 11) is 2.24. The Labute approximate surface area is 130 Å². The highest BCUT2D eigenvalue weighted by molar-refractivity contribution is 5.82. The van der Waals surface area contributed by atoms with Crippen LogP contribution in [0.5, 0.6) is 0 Å². The summed E-state index contributed by atoms with van der Waals surface area (Å²) in [6.45, 7) is 5.86. The number of carbonyl (C=O) groups excluding carboxylic acids is 1. The average Bonchev–Trinajstić information content (AvgIpc) is 2.52. The van der Waals surface area contributed by atoms with E-state index in [0.29, 0.717) is 0 Å². The molecule has 0 aromatic rings. The van der Waals surface area contributed by atoms with Crippen LogP contribution in [-0.2, 0) is 4.79 Å². The van der Waals surface area contributed by atoms with Gasteiger partial charge >= 0.3 is 0 Å². The third-order valence-electron chi connectivity index (χ3n) is 5.32. The molecule has 122 valence electrons. The molecule has 1 saturated carbocycles. The number of carbonyl (C=O) groups is 1. The molecular formula is C17H33N3O. The van der Waals surface area contributed by atoms with E-state index in [2.05, 4.69) is 29.5 Å². The minimum atomic E-state index is -0.201. The molecule has 1 unspecified atom stereocenters. The molecule has 4 heteroatoms. The van der Waals surface area contributed by atoms with Gasteiger partial charge in [-0.3, -0.25) is 4.79 Å². The number of hydrogen-bond acceptors (Lipinski definition) is 3. The lowest BCUT2D eigenvalue weighted by Crippen LogP contribution is -2.49. The van der Waals surface area contributed by atoms with Gasteiger partial charge < -0.3 is 15.5 Å². The van der Waals surface area contributed by atoms with E-state index in [-0.39, 0.29) is 11.3 Å². The van der Waals surface area contributed by atoms with Crippen LogP contribution in [0.3, 0.4) is 0 Å². The number of nitrogens with zero attached hydrogens (tertiary/aromatic N) is 1. The van der Waals surface area contributed by atoms with E-state index in [9.17, 15) is 4.79 Å². The second-order valence-corrected chi connectivity index (χ2v) is 7.22. The van der Waals surface area contributed by atoms with Crippen LogP contribution in [-0.4, -0.2) is 50.1 Å². The molecule has 1 atom stereocenters. The molecule has 2 N–H and O–H groups in total. The predicted octanol–water partition coefficient (Wildman–Crippen LogP) is 2.15. The van der Waals surface area contributed by atoms with Crippen LogP contribution in [0.15, 0.2) is 0 Å². The number of hydrogen-bond donors (Lipinski definition) is 2. The Hall–Kier alpha value is -0.610. The smallest absolute Gasteiger partial charge is 0.227 e. The van der Waals surface area contributed by atoms with Gasteiger partial charge in [-0.25, -0.2) is 0 Å². The summed E-state index contributed by atoms with van der Waals surface area (Å²) in [4.78, 5) is 14.8. The molecule has 1 amide bonds. The van der Waals surface area contributed by atoms with Gasteiger partial charge in [0, 0.05) is 19.1 Å². The summed E-state index contributed by atoms with van der Waals surface area (Å²) in [5.74, 6) is 0.231. The maximum absolute atomic E-state index is 12.3. The van der Waals surface area contributed by atoms with Gasteiger partial charge in [-0.15, -0.1) is 0 Å². The predicted molar refractivity (Wildman–Crippen MR) is 87.3 cm³/mol. The Morgan fingerprint density at radius 3 is 2.71 bits per heavy atom. The van der Waals surface area contributed by atoms with E-state index in [1.165, 1.54) is 32.1 Å². The summed E-state index contributed by atoms with van der Waals surface area (Å²) in [6.07, 6.45) is 10.1. The molecule has 21 heavy (non-hydrogen) atoms. The van der Waals surface area contributed by atoms with E-state index in [0.717, 1.165) is 51.5 Å². The number of rotatable bonds is 6. The molecule has 1 aliphatic carbocycles. The zero-order chi connectivity index (χ0) is 15.1.